The second-order valence-corrected chi connectivity index (χ2v) is 16.2. The zero-order chi connectivity index (χ0) is 41.5. The number of hydrogen-bond acceptors (Lipinski definition) is 5. The highest BCUT2D eigenvalue weighted by molar-refractivity contribution is 5.84. The first-order valence-corrected chi connectivity index (χ1v) is 20.6. The smallest absolute Gasteiger partial charge is 0.183 e. The van der Waals surface area contributed by atoms with E-state index in [0.29, 0.717) is 69.7 Å². The molecule has 2 aliphatic carbocycles. The van der Waals surface area contributed by atoms with Crippen LogP contribution in [0.3, 0.4) is 0 Å². The van der Waals surface area contributed by atoms with Crippen molar-refractivity contribution in [1.29, 1.82) is 0 Å². The van der Waals surface area contributed by atoms with Crippen LogP contribution in [0.4, 0.5) is 8.78 Å². The molecule has 0 atom stereocenters. The molecule has 304 valence electrons. The van der Waals surface area contributed by atoms with Gasteiger partial charge in [-0.3, -0.25) is 4.79 Å². The minimum Gasteiger partial charge on any atom is -0.456 e. The first-order chi connectivity index (χ1) is 29.2. The summed E-state index contributed by atoms with van der Waals surface area (Å²) in [5, 5.41) is 1.88. The van der Waals surface area contributed by atoms with Crippen molar-refractivity contribution >= 4 is 28.2 Å². The van der Waals surface area contributed by atoms with Crippen LogP contribution in [0.2, 0.25) is 0 Å². The van der Waals surface area contributed by atoms with E-state index in [-0.39, 0.29) is 5.82 Å². The van der Waals surface area contributed by atoms with Crippen molar-refractivity contribution in [3.05, 3.63) is 192 Å². The Bertz CT molecular complexity index is 2550. The van der Waals surface area contributed by atoms with Crippen LogP contribution in [0.5, 0.6) is 0 Å². The molecule has 8 aromatic rings. The molecule has 3 fully saturated rings. The fraction of sp³-hybridized carbons (Fsp3) is 0.226. The average Bonchev–Trinajstić information content (AvgIpc) is 4.13. The summed E-state index contributed by atoms with van der Waals surface area (Å²) in [6, 6.07) is 49.6. The maximum atomic E-state index is 14.4. The SMILES string of the molecule is CC1(c2ccccc2)CC1.CC1(c2ccccc2)CC1.Fc1cc(C2OCCCO2)ccc1-c1cc2ccccc2o1.O=Cc1ccc(-c2cc3ccccc3o2)c(F)c1. The number of para-hydroxylation sites is 2. The van der Waals surface area contributed by atoms with E-state index in [2.05, 4.69) is 74.5 Å². The summed E-state index contributed by atoms with van der Waals surface area (Å²) >= 11 is 0. The van der Waals surface area contributed by atoms with Gasteiger partial charge in [0.1, 0.15) is 40.6 Å². The van der Waals surface area contributed by atoms with Gasteiger partial charge in [0.05, 0.1) is 24.3 Å². The van der Waals surface area contributed by atoms with Gasteiger partial charge >= 0.3 is 0 Å². The Kier molecular flexibility index (Phi) is 12.2. The number of carbonyl (C=O) groups is 1. The predicted molar refractivity (Wildman–Crippen MR) is 234 cm³/mol. The Morgan fingerprint density at radius 2 is 0.983 bits per heavy atom. The number of hydrogen-bond donors (Lipinski definition) is 0. The van der Waals surface area contributed by atoms with Crippen LogP contribution in [-0.4, -0.2) is 19.5 Å². The van der Waals surface area contributed by atoms with Gasteiger partial charge in [-0.2, -0.15) is 0 Å². The van der Waals surface area contributed by atoms with Gasteiger partial charge in [-0.1, -0.05) is 123 Å². The van der Waals surface area contributed by atoms with Crippen molar-refractivity contribution in [2.45, 2.75) is 63.1 Å². The molecule has 5 nitrogen and oxygen atoms in total. The molecule has 0 spiro atoms. The maximum Gasteiger partial charge on any atom is 0.183 e. The largest absolute Gasteiger partial charge is 0.456 e. The molecule has 11 rings (SSSR count). The normalized spacial score (nSPS) is 16.0. The Morgan fingerprint density at radius 3 is 1.42 bits per heavy atom. The molecule has 2 saturated carbocycles. The van der Waals surface area contributed by atoms with E-state index in [9.17, 15) is 13.6 Å². The van der Waals surface area contributed by atoms with E-state index in [4.69, 9.17) is 18.3 Å². The fourth-order valence-electron chi connectivity index (χ4n) is 7.23. The first kappa shape index (κ1) is 40.6. The van der Waals surface area contributed by atoms with E-state index in [1.165, 1.54) is 48.9 Å². The van der Waals surface area contributed by atoms with Gasteiger partial charge in [-0.25, -0.2) is 8.78 Å². The third kappa shape index (κ3) is 9.65. The summed E-state index contributed by atoms with van der Waals surface area (Å²) < 4.78 is 50.6. The molecule has 1 saturated heterocycles. The van der Waals surface area contributed by atoms with Gasteiger partial charge in [-0.15, -0.1) is 0 Å². The summed E-state index contributed by atoms with van der Waals surface area (Å²) in [5.74, 6) is 0.190. The monoisotopic (exact) mass is 802 g/mol. The molecule has 0 N–H and O–H groups in total. The highest BCUT2D eigenvalue weighted by Gasteiger charge is 2.39. The first-order valence-electron chi connectivity index (χ1n) is 20.6. The van der Waals surface area contributed by atoms with Crippen molar-refractivity contribution in [1.82, 2.24) is 0 Å². The molecular weight excluding hydrogens is 755 g/mol. The molecule has 0 bridgehead atoms. The molecule has 3 aliphatic rings. The Balaban J connectivity index is 0.000000117. The van der Waals surface area contributed by atoms with Crippen molar-refractivity contribution in [2.75, 3.05) is 13.2 Å². The lowest BCUT2D eigenvalue weighted by Crippen LogP contribution is -2.17. The number of benzene rings is 6. The zero-order valence-electron chi connectivity index (χ0n) is 33.9. The van der Waals surface area contributed by atoms with Gasteiger partial charge in [-0.05, 0) is 103 Å². The lowest BCUT2D eigenvalue weighted by atomic mass is 9.99. The molecule has 3 heterocycles. The molecule has 7 heteroatoms. The molecular formula is C53H48F2O5. The van der Waals surface area contributed by atoms with Crippen LogP contribution in [0, 0.1) is 11.6 Å². The predicted octanol–water partition coefficient (Wildman–Crippen LogP) is 14.2. The van der Waals surface area contributed by atoms with E-state index >= 15 is 0 Å². The molecule has 60 heavy (non-hydrogen) atoms. The second-order valence-electron chi connectivity index (χ2n) is 16.2. The lowest BCUT2D eigenvalue weighted by Gasteiger charge is -2.23. The molecule has 0 radical (unpaired) electrons. The number of ether oxygens (including phenoxy) is 2. The van der Waals surface area contributed by atoms with Crippen LogP contribution in [0.15, 0.2) is 167 Å². The molecule has 6 aromatic carbocycles. The minimum absolute atomic E-state index is 0.312. The molecule has 0 amide bonds. The van der Waals surface area contributed by atoms with Crippen LogP contribution in [-0.2, 0) is 20.3 Å². The second kappa shape index (κ2) is 18.0. The van der Waals surface area contributed by atoms with Crippen molar-refractivity contribution < 1.29 is 31.9 Å². The van der Waals surface area contributed by atoms with Gasteiger partial charge in [0, 0.05) is 21.9 Å². The number of rotatable bonds is 6. The maximum absolute atomic E-state index is 14.4. The standard InChI is InChI=1S/C18H15FO3.C15H9FO2.2C10H12/c19-15-10-13(18-20-8-3-9-21-18)6-7-14(15)17-11-12-4-1-2-5-16(12)22-17;16-13-7-10(9-17)5-6-12(13)15-8-11-3-1-2-4-14(11)18-15;2*1-10(7-8-10)9-5-3-2-4-6-9/h1-2,4-7,10-11,18H,3,8-9H2;1-9H;2*2-6H,7-8H2,1H3. The summed E-state index contributed by atoms with van der Waals surface area (Å²) in [6.07, 6.45) is 6.50. The summed E-state index contributed by atoms with van der Waals surface area (Å²) in [5.41, 5.74) is 7.37. The van der Waals surface area contributed by atoms with Gasteiger partial charge in [0.2, 0.25) is 0 Å². The minimum atomic E-state index is -0.479. The highest BCUT2D eigenvalue weighted by atomic mass is 19.1. The van der Waals surface area contributed by atoms with Crippen molar-refractivity contribution in [2.24, 2.45) is 0 Å². The van der Waals surface area contributed by atoms with Crippen molar-refractivity contribution in [3.63, 3.8) is 0 Å². The van der Waals surface area contributed by atoms with Crippen LogP contribution in [0.1, 0.15) is 79.3 Å². The van der Waals surface area contributed by atoms with E-state index < -0.39 is 12.1 Å². The summed E-state index contributed by atoms with van der Waals surface area (Å²) in [7, 11) is 0. The Labute approximate surface area is 349 Å². The van der Waals surface area contributed by atoms with Crippen LogP contribution in [0.25, 0.3) is 44.6 Å². The van der Waals surface area contributed by atoms with E-state index in [1.807, 2.05) is 60.7 Å². The van der Waals surface area contributed by atoms with Gasteiger partial charge < -0.3 is 18.3 Å². The van der Waals surface area contributed by atoms with E-state index in [0.717, 1.165) is 22.8 Å². The molecule has 2 aromatic heterocycles. The Hall–Kier alpha value is -6.15. The number of aldehydes is 1. The lowest BCUT2D eigenvalue weighted by molar-refractivity contribution is -0.183. The van der Waals surface area contributed by atoms with Gasteiger partial charge in [0.15, 0.2) is 6.29 Å². The topological polar surface area (TPSA) is 61.8 Å². The van der Waals surface area contributed by atoms with E-state index in [1.54, 1.807) is 24.3 Å². The Morgan fingerprint density at radius 1 is 0.533 bits per heavy atom. The van der Waals surface area contributed by atoms with Crippen LogP contribution >= 0.6 is 0 Å². The third-order valence-corrected chi connectivity index (χ3v) is 11.5. The number of carbonyl (C=O) groups excluding carboxylic acids is 1. The average molecular weight is 803 g/mol. The molecule has 1 aliphatic heterocycles. The number of fused-ring (bicyclic) bond motifs is 2. The number of halogens is 2. The quantitative estimate of drug-likeness (QED) is 0.157. The summed E-state index contributed by atoms with van der Waals surface area (Å²) in [6.45, 7) is 5.94. The molecule has 0 unspecified atom stereocenters. The summed E-state index contributed by atoms with van der Waals surface area (Å²) in [4.78, 5) is 10.6. The van der Waals surface area contributed by atoms with Gasteiger partial charge in [0.25, 0.3) is 0 Å². The fourth-order valence-corrected chi connectivity index (χ4v) is 7.23. The van der Waals surface area contributed by atoms with Crippen LogP contribution < -0.4 is 0 Å². The third-order valence-electron chi connectivity index (χ3n) is 11.5. The van der Waals surface area contributed by atoms with Crippen molar-refractivity contribution in [3.8, 4) is 22.6 Å². The zero-order valence-corrected chi connectivity index (χ0v) is 33.9. The highest BCUT2D eigenvalue weighted by Crippen LogP contribution is 2.48. The number of furan rings is 2.